The van der Waals surface area contributed by atoms with E-state index >= 15 is 0 Å². The molecule has 0 radical (unpaired) electrons. The highest BCUT2D eigenvalue weighted by Gasteiger charge is 2.18. The SMILES string of the molecule is CCCCN(CCCC)CC(O)c1cc(-c2ccc(Cl)cc2)nc2ccc(F)cc12. The average molecular weight is 429 g/mol. The molecule has 5 heteroatoms. The third kappa shape index (κ3) is 5.78. The minimum absolute atomic E-state index is 0.328. The minimum Gasteiger partial charge on any atom is -0.387 e. The lowest BCUT2D eigenvalue weighted by atomic mass is 9.99. The Balaban J connectivity index is 1.98. The van der Waals surface area contributed by atoms with E-state index in [9.17, 15) is 9.50 Å². The highest BCUT2D eigenvalue weighted by atomic mass is 35.5. The Morgan fingerprint density at radius 1 is 1.00 bits per heavy atom. The zero-order valence-electron chi connectivity index (χ0n) is 17.7. The van der Waals surface area contributed by atoms with Crippen LogP contribution >= 0.6 is 11.6 Å². The van der Waals surface area contributed by atoms with Crippen LogP contribution in [0.1, 0.15) is 51.2 Å². The number of rotatable bonds is 10. The van der Waals surface area contributed by atoms with Crippen LogP contribution in [0.15, 0.2) is 48.5 Å². The van der Waals surface area contributed by atoms with Gasteiger partial charge in [-0.2, -0.15) is 0 Å². The van der Waals surface area contributed by atoms with Crippen molar-refractivity contribution in [2.24, 2.45) is 0 Å². The lowest BCUT2D eigenvalue weighted by Crippen LogP contribution is -2.31. The molecule has 0 aliphatic heterocycles. The molecule has 3 aromatic rings. The van der Waals surface area contributed by atoms with Crippen LogP contribution in [-0.4, -0.2) is 34.6 Å². The molecule has 30 heavy (non-hydrogen) atoms. The van der Waals surface area contributed by atoms with Gasteiger partial charge in [0.05, 0.1) is 17.3 Å². The zero-order valence-corrected chi connectivity index (χ0v) is 18.5. The van der Waals surface area contributed by atoms with Crippen LogP contribution < -0.4 is 0 Å². The summed E-state index contributed by atoms with van der Waals surface area (Å²) in [6.07, 6.45) is 3.69. The van der Waals surface area contributed by atoms with Crippen LogP contribution in [0.5, 0.6) is 0 Å². The van der Waals surface area contributed by atoms with E-state index in [4.69, 9.17) is 16.6 Å². The van der Waals surface area contributed by atoms with Crippen molar-refractivity contribution in [2.75, 3.05) is 19.6 Å². The highest BCUT2D eigenvalue weighted by Crippen LogP contribution is 2.30. The number of halogens is 2. The maximum absolute atomic E-state index is 14.0. The highest BCUT2D eigenvalue weighted by molar-refractivity contribution is 6.30. The second-order valence-electron chi connectivity index (χ2n) is 7.79. The Labute approximate surface area is 183 Å². The molecule has 0 spiro atoms. The van der Waals surface area contributed by atoms with E-state index in [0.29, 0.717) is 28.0 Å². The van der Waals surface area contributed by atoms with Gasteiger partial charge >= 0.3 is 0 Å². The van der Waals surface area contributed by atoms with Gasteiger partial charge in [-0.25, -0.2) is 9.37 Å². The Bertz CT molecular complexity index is 953. The van der Waals surface area contributed by atoms with E-state index in [1.807, 2.05) is 30.3 Å². The van der Waals surface area contributed by atoms with Crippen LogP contribution in [0.25, 0.3) is 22.2 Å². The third-order valence-corrected chi connectivity index (χ3v) is 5.64. The van der Waals surface area contributed by atoms with Gasteiger partial charge in [-0.1, -0.05) is 50.4 Å². The molecule has 1 heterocycles. The fourth-order valence-corrected chi connectivity index (χ4v) is 3.80. The van der Waals surface area contributed by atoms with Gasteiger partial charge < -0.3 is 10.0 Å². The molecule has 0 amide bonds. The molecule has 0 bridgehead atoms. The lowest BCUT2D eigenvalue weighted by molar-refractivity contribution is 0.112. The molecular formula is C25H30ClFN2O. The quantitative estimate of drug-likeness (QED) is 0.393. The fourth-order valence-electron chi connectivity index (χ4n) is 3.67. The van der Waals surface area contributed by atoms with E-state index < -0.39 is 6.10 Å². The first-order valence-corrected chi connectivity index (χ1v) is 11.2. The predicted molar refractivity (Wildman–Crippen MR) is 123 cm³/mol. The molecule has 1 N–H and O–H groups in total. The first-order chi connectivity index (χ1) is 14.5. The van der Waals surface area contributed by atoms with Gasteiger partial charge in [-0.3, -0.25) is 0 Å². The van der Waals surface area contributed by atoms with Crippen molar-refractivity contribution in [1.29, 1.82) is 0 Å². The molecule has 1 atom stereocenters. The molecule has 3 rings (SSSR count). The third-order valence-electron chi connectivity index (χ3n) is 5.39. The second-order valence-corrected chi connectivity index (χ2v) is 8.23. The molecule has 0 saturated carbocycles. The van der Waals surface area contributed by atoms with E-state index in [0.717, 1.165) is 50.0 Å². The number of unbranched alkanes of at least 4 members (excludes halogenated alkanes) is 2. The van der Waals surface area contributed by atoms with Crippen LogP contribution in [0.2, 0.25) is 5.02 Å². The summed E-state index contributed by atoms with van der Waals surface area (Å²) in [4.78, 5) is 7.01. The first kappa shape index (κ1) is 22.7. The number of nitrogens with zero attached hydrogens (tertiary/aromatic N) is 2. The van der Waals surface area contributed by atoms with Crippen LogP contribution in [0.4, 0.5) is 4.39 Å². The van der Waals surface area contributed by atoms with Crippen LogP contribution in [0, 0.1) is 5.82 Å². The van der Waals surface area contributed by atoms with Gasteiger partial charge in [0.1, 0.15) is 5.82 Å². The van der Waals surface area contributed by atoms with Gasteiger partial charge in [-0.15, -0.1) is 0 Å². The van der Waals surface area contributed by atoms with Crippen molar-refractivity contribution in [1.82, 2.24) is 9.88 Å². The monoisotopic (exact) mass is 428 g/mol. The molecule has 160 valence electrons. The van der Waals surface area contributed by atoms with Gasteiger partial charge in [0, 0.05) is 22.5 Å². The molecule has 0 aliphatic carbocycles. The van der Waals surface area contributed by atoms with Gasteiger partial charge in [0.15, 0.2) is 0 Å². The average Bonchev–Trinajstić information content (AvgIpc) is 2.75. The molecule has 0 saturated heterocycles. The number of aliphatic hydroxyl groups excluding tert-OH is 1. The summed E-state index contributed by atoms with van der Waals surface area (Å²) in [7, 11) is 0. The number of hydrogen-bond acceptors (Lipinski definition) is 3. The van der Waals surface area contributed by atoms with E-state index in [1.165, 1.54) is 12.1 Å². The Hall–Kier alpha value is -2.01. The standard InChI is InChI=1S/C25H30ClFN2O/c1-3-5-13-29(14-6-4-2)17-25(30)22-16-24(18-7-9-19(26)10-8-18)28-23-12-11-20(27)15-21(22)23/h7-12,15-16,25,30H,3-6,13-14,17H2,1-2H3. The maximum atomic E-state index is 14.0. The van der Waals surface area contributed by atoms with Crippen molar-refractivity contribution in [2.45, 2.75) is 45.6 Å². The molecule has 2 aromatic carbocycles. The number of aliphatic hydroxyl groups is 1. The molecule has 1 unspecified atom stereocenters. The number of fused-ring (bicyclic) bond motifs is 1. The normalized spacial score (nSPS) is 12.6. The maximum Gasteiger partial charge on any atom is 0.123 e. The summed E-state index contributed by atoms with van der Waals surface area (Å²) >= 11 is 6.03. The number of benzene rings is 2. The van der Waals surface area contributed by atoms with Crippen molar-refractivity contribution in [3.05, 3.63) is 64.9 Å². The number of hydrogen-bond donors (Lipinski definition) is 1. The van der Waals surface area contributed by atoms with Crippen molar-refractivity contribution >= 4 is 22.5 Å². The smallest absolute Gasteiger partial charge is 0.123 e. The summed E-state index contributed by atoms with van der Waals surface area (Å²) in [5.41, 5.74) is 3.04. The van der Waals surface area contributed by atoms with Gasteiger partial charge in [0.25, 0.3) is 0 Å². The summed E-state index contributed by atoms with van der Waals surface area (Å²) in [6.45, 7) is 6.78. The van der Waals surface area contributed by atoms with Gasteiger partial charge in [0.2, 0.25) is 0 Å². The Morgan fingerprint density at radius 3 is 2.30 bits per heavy atom. The number of pyridine rings is 1. The Morgan fingerprint density at radius 2 is 1.67 bits per heavy atom. The van der Waals surface area contributed by atoms with Crippen molar-refractivity contribution < 1.29 is 9.50 Å². The van der Waals surface area contributed by atoms with Gasteiger partial charge in [-0.05, 0) is 67.9 Å². The largest absolute Gasteiger partial charge is 0.387 e. The summed E-state index contributed by atoms with van der Waals surface area (Å²) in [6, 6.07) is 13.9. The Kier molecular flexibility index (Phi) is 8.20. The first-order valence-electron chi connectivity index (χ1n) is 10.8. The summed E-state index contributed by atoms with van der Waals surface area (Å²) < 4.78 is 14.0. The molecular weight excluding hydrogens is 399 g/mol. The van der Waals surface area contributed by atoms with Crippen molar-refractivity contribution in [3.8, 4) is 11.3 Å². The summed E-state index contributed by atoms with van der Waals surface area (Å²) in [5, 5.41) is 12.5. The second kappa shape index (κ2) is 10.9. The fraction of sp³-hybridized carbons (Fsp3) is 0.400. The minimum atomic E-state index is -0.725. The predicted octanol–water partition coefficient (Wildman–Crippen LogP) is 6.63. The lowest BCUT2D eigenvalue weighted by Gasteiger charge is -2.26. The molecule has 0 fully saturated rings. The van der Waals surface area contributed by atoms with Crippen molar-refractivity contribution in [3.63, 3.8) is 0 Å². The van der Waals surface area contributed by atoms with E-state index in [-0.39, 0.29) is 5.82 Å². The van der Waals surface area contributed by atoms with Crippen LogP contribution in [-0.2, 0) is 0 Å². The zero-order chi connectivity index (χ0) is 21.5. The molecule has 0 aliphatic rings. The van der Waals surface area contributed by atoms with E-state index in [1.54, 1.807) is 6.07 Å². The topological polar surface area (TPSA) is 36.4 Å². The molecule has 1 aromatic heterocycles. The molecule has 3 nitrogen and oxygen atoms in total. The summed E-state index contributed by atoms with van der Waals surface area (Å²) in [5.74, 6) is -0.328. The van der Waals surface area contributed by atoms with Crippen LogP contribution in [0.3, 0.4) is 0 Å². The van der Waals surface area contributed by atoms with E-state index in [2.05, 4.69) is 18.7 Å². The number of aromatic nitrogens is 1.